The average Bonchev–Trinajstić information content (AvgIpc) is 2.64. The van der Waals surface area contributed by atoms with Crippen LogP contribution in [0.25, 0.3) is 0 Å². The second kappa shape index (κ2) is 12.7. The standard InChI is InChI=1S/C15H32N4.HI/c1-4-16-15(18-13-14(2)3)17-9-12-19-10-7-5-6-8-11-19;/h14H,4-13H2,1-3H3,(H2,16,17,18);1H. The molecule has 0 spiro atoms. The van der Waals surface area contributed by atoms with Gasteiger partial charge in [0.25, 0.3) is 0 Å². The molecule has 1 saturated heterocycles. The van der Waals surface area contributed by atoms with E-state index >= 15 is 0 Å². The van der Waals surface area contributed by atoms with Crippen LogP contribution in [0.15, 0.2) is 4.99 Å². The summed E-state index contributed by atoms with van der Waals surface area (Å²) in [6.07, 6.45) is 5.54. The minimum absolute atomic E-state index is 0. The summed E-state index contributed by atoms with van der Waals surface area (Å²) >= 11 is 0. The Morgan fingerprint density at radius 2 is 1.75 bits per heavy atom. The molecule has 0 aromatic rings. The molecule has 1 fully saturated rings. The third-order valence-corrected chi connectivity index (χ3v) is 3.38. The third kappa shape index (κ3) is 9.80. The molecule has 1 aliphatic rings. The van der Waals surface area contributed by atoms with E-state index in [2.05, 4.69) is 41.3 Å². The maximum Gasteiger partial charge on any atom is 0.191 e. The first kappa shape index (κ1) is 20.0. The SMILES string of the molecule is CCNC(=NCC(C)C)NCCN1CCCCCC1.I. The first-order valence-electron chi connectivity index (χ1n) is 7.97. The number of rotatable bonds is 6. The van der Waals surface area contributed by atoms with Crippen molar-refractivity contribution in [2.24, 2.45) is 10.9 Å². The Hall–Kier alpha value is -0.0400. The predicted octanol–water partition coefficient (Wildman–Crippen LogP) is 2.69. The Bertz CT molecular complexity index is 248. The topological polar surface area (TPSA) is 39.7 Å². The summed E-state index contributed by atoms with van der Waals surface area (Å²) in [4.78, 5) is 7.17. The van der Waals surface area contributed by atoms with Crippen LogP contribution in [0.2, 0.25) is 0 Å². The van der Waals surface area contributed by atoms with Gasteiger partial charge in [0.05, 0.1) is 0 Å². The van der Waals surface area contributed by atoms with Crippen LogP contribution in [0.3, 0.4) is 0 Å². The number of hydrogen-bond donors (Lipinski definition) is 2. The van der Waals surface area contributed by atoms with Crippen LogP contribution in [0.5, 0.6) is 0 Å². The quantitative estimate of drug-likeness (QED) is 0.412. The molecule has 2 N–H and O–H groups in total. The van der Waals surface area contributed by atoms with Crippen LogP contribution in [0, 0.1) is 5.92 Å². The van der Waals surface area contributed by atoms with Crippen LogP contribution in [-0.4, -0.2) is 50.1 Å². The lowest BCUT2D eigenvalue weighted by Gasteiger charge is -2.20. The fourth-order valence-corrected chi connectivity index (χ4v) is 2.31. The average molecular weight is 396 g/mol. The molecule has 0 amide bonds. The summed E-state index contributed by atoms with van der Waals surface area (Å²) in [5.41, 5.74) is 0. The van der Waals surface area contributed by atoms with Crippen LogP contribution in [0.4, 0.5) is 0 Å². The summed E-state index contributed by atoms with van der Waals surface area (Å²) in [5.74, 6) is 1.58. The van der Waals surface area contributed by atoms with Crippen molar-refractivity contribution in [3.05, 3.63) is 0 Å². The van der Waals surface area contributed by atoms with Gasteiger partial charge < -0.3 is 15.5 Å². The molecule has 1 heterocycles. The number of hydrogen-bond acceptors (Lipinski definition) is 2. The van der Waals surface area contributed by atoms with Gasteiger partial charge in [0.2, 0.25) is 0 Å². The largest absolute Gasteiger partial charge is 0.357 e. The van der Waals surface area contributed by atoms with Gasteiger partial charge in [0, 0.05) is 26.2 Å². The molecule has 5 heteroatoms. The van der Waals surface area contributed by atoms with Crippen molar-refractivity contribution < 1.29 is 0 Å². The van der Waals surface area contributed by atoms with Crippen molar-refractivity contribution in [1.29, 1.82) is 0 Å². The lowest BCUT2D eigenvalue weighted by atomic mass is 10.2. The summed E-state index contributed by atoms with van der Waals surface area (Å²) in [5, 5.41) is 6.75. The monoisotopic (exact) mass is 396 g/mol. The molecular formula is C15H33IN4. The Balaban J connectivity index is 0.00000361. The van der Waals surface area contributed by atoms with E-state index in [1.165, 1.54) is 38.8 Å². The van der Waals surface area contributed by atoms with E-state index in [0.717, 1.165) is 32.1 Å². The Morgan fingerprint density at radius 3 is 2.30 bits per heavy atom. The zero-order valence-electron chi connectivity index (χ0n) is 13.5. The lowest BCUT2D eigenvalue weighted by Crippen LogP contribution is -2.42. The van der Waals surface area contributed by atoms with Gasteiger partial charge in [-0.1, -0.05) is 26.7 Å². The molecule has 0 aliphatic carbocycles. The molecular weight excluding hydrogens is 363 g/mol. The number of likely N-dealkylation sites (tertiary alicyclic amines) is 1. The van der Waals surface area contributed by atoms with Crippen molar-refractivity contribution in [1.82, 2.24) is 15.5 Å². The molecule has 20 heavy (non-hydrogen) atoms. The summed E-state index contributed by atoms with van der Waals surface area (Å²) < 4.78 is 0. The van der Waals surface area contributed by atoms with Gasteiger partial charge in [0.1, 0.15) is 0 Å². The highest BCUT2D eigenvalue weighted by Crippen LogP contribution is 2.08. The maximum atomic E-state index is 4.59. The number of guanidine groups is 1. The molecule has 120 valence electrons. The zero-order chi connectivity index (χ0) is 13.9. The van der Waals surface area contributed by atoms with Crippen molar-refractivity contribution in [3.63, 3.8) is 0 Å². The second-order valence-electron chi connectivity index (χ2n) is 5.80. The van der Waals surface area contributed by atoms with E-state index in [0.29, 0.717) is 5.92 Å². The Labute approximate surface area is 142 Å². The normalized spacial score (nSPS) is 17.5. The summed E-state index contributed by atoms with van der Waals surface area (Å²) in [6, 6.07) is 0. The van der Waals surface area contributed by atoms with E-state index in [9.17, 15) is 0 Å². The van der Waals surface area contributed by atoms with Gasteiger partial charge in [-0.25, -0.2) is 0 Å². The van der Waals surface area contributed by atoms with Crippen LogP contribution < -0.4 is 10.6 Å². The highest BCUT2D eigenvalue weighted by atomic mass is 127. The van der Waals surface area contributed by atoms with E-state index in [4.69, 9.17) is 0 Å². The molecule has 1 rings (SSSR count). The number of nitrogens with one attached hydrogen (secondary N) is 2. The van der Waals surface area contributed by atoms with Crippen LogP contribution in [0.1, 0.15) is 46.5 Å². The third-order valence-electron chi connectivity index (χ3n) is 3.38. The molecule has 0 aromatic carbocycles. The van der Waals surface area contributed by atoms with Crippen molar-refractivity contribution in [3.8, 4) is 0 Å². The number of halogens is 1. The highest BCUT2D eigenvalue weighted by molar-refractivity contribution is 14.0. The molecule has 0 radical (unpaired) electrons. The van der Waals surface area contributed by atoms with Crippen LogP contribution >= 0.6 is 24.0 Å². The second-order valence-corrected chi connectivity index (χ2v) is 5.80. The molecule has 4 nitrogen and oxygen atoms in total. The maximum absolute atomic E-state index is 4.59. The van der Waals surface area contributed by atoms with Crippen molar-refractivity contribution >= 4 is 29.9 Å². The fourth-order valence-electron chi connectivity index (χ4n) is 2.31. The van der Waals surface area contributed by atoms with Gasteiger partial charge in [-0.15, -0.1) is 24.0 Å². The first-order chi connectivity index (χ1) is 9.22. The lowest BCUT2D eigenvalue weighted by molar-refractivity contribution is 0.289. The molecule has 0 aromatic heterocycles. The smallest absolute Gasteiger partial charge is 0.191 e. The molecule has 0 saturated carbocycles. The van der Waals surface area contributed by atoms with Gasteiger partial charge in [-0.05, 0) is 38.8 Å². The van der Waals surface area contributed by atoms with Gasteiger partial charge in [0.15, 0.2) is 5.96 Å². The van der Waals surface area contributed by atoms with Gasteiger partial charge in [-0.3, -0.25) is 4.99 Å². The van der Waals surface area contributed by atoms with E-state index in [1.54, 1.807) is 0 Å². The molecule has 0 atom stereocenters. The van der Waals surface area contributed by atoms with Crippen molar-refractivity contribution in [2.75, 3.05) is 39.3 Å². The minimum Gasteiger partial charge on any atom is -0.357 e. The highest BCUT2D eigenvalue weighted by Gasteiger charge is 2.08. The van der Waals surface area contributed by atoms with Crippen molar-refractivity contribution in [2.45, 2.75) is 46.5 Å². The van der Waals surface area contributed by atoms with Gasteiger partial charge >= 0.3 is 0 Å². The van der Waals surface area contributed by atoms with E-state index in [-0.39, 0.29) is 24.0 Å². The molecule has 1 aliphatic heterocycles. The minimum atomic E-state index is 0. The molecule has 0 bridgehead atoms. The van der Waals surface area contributed by atoms with Crippen LogP contribution in [-0.2, 0) is 0 Å². The molecule has 0 unspecified atom stereocenters. The number of nitrogens with zero attached hydrogens (tertiary/aromatic N) is 2. The fraction of sp³-hybridized carbons (Fsp3) is 0.933. The predicted molar refractivity (Wildman–Crippen MR) is 99.1 cm³/mol. The Kier molecular flexibility index (Phi) is 12.7. The van der Waals surface area contributed by atoms with E-state index < -0.39 is 0 Å². The first-order valence-corrected chi connectivity index (χ1v) is 7.97. The number of aliphatic imine (C=N–C) groups is 1. The Morgan fingerprint density at radius 1 is 1.10 bits per heavy atom. The summed E-state index contributed by atoms with van der Waals surface area (Å²) in [6.45, 7) is 13.0. The summed E-state index contributed by atoms with van der Waals surface area (Å²) in [7, 11) is 0. The van der Waals surface area contributed by atoms with Gasteiger partial charge in [-0.2, -0.15) is 0 Å². The zero-order valence-corrected chi connectivity index (χ0v) is 15.8. The van der Waals surface area contributed by atoms with E-state index in [1.807, 2.05) is 0 Å².